The molecule has 0 saturated heterocycles. The molecule has 0 saturated carbocycles. The van der Waals surface area contributed by atoms with Crippen LogP contribution >= 0.6 is 0 Å². The molecule has 0 spiro atoms. The highest BCUT2D eigenvalue weighted by atomic mass is 16.3. The van der Waals surface area contributed by atoms with Gasteiger partial charge in [0.05, 0.1) is 12.8 Å². The van der Waals surface area contributed by atoms with Gasteiger partial charge in [0.1, 0.15) is 11.3 Å². The second kappa shape index (κ2) is 4.52. The molecule has 3 N–H and O–H groups in total. The average molecular weight is 235 g/mol. The molecule has 17 heavy (non-hydrogen) atoms. The van der Waals surface area contributed by atoms with Crippen molar-refractivity contribution in [3.8, 4) is 0 Å². The third-order valence-electron chi connectivity index (χ3n) is 2.07. The first-order valence-corrected chi connectivity index (χ1v) is 4.79. The predicted octanol–water partition coefficient (Wildman–Crippen LogP) is -0.414. The SMILES string of the molecule is O=C(NCc1ccco1)c1c[nH]c(=O)[nH]c1=O. The van der Waals surface area contributed by atoms with E-state index in [4.69, 9.17) is 4.42 Å². The molecule has 1 amide bonds. The minimum Gasteiger partial charge on any atom is -0.467 e. The summed E-state index contributed by atoms with van der Waals surface area (Å²) in [6.45, 7) is 0.171. The fourth-order valence-corrected chi connectivity index (χ4v) is 1.25. The molecule has 0 aliphatic heterocycles. The van der Waals surface area contributed by atoms with Crippen molar-refractivity contribution in [2.45, 2.75) is 6.54 Å². The zero-order valence-corrected chi connectivity index (χ0v) is 8.65. The summed E-state index contributed by atoms with van der Waals surface area (Å²) in [6.07, 6.45) is 2.55. The van der Waals surface area contributed by atoms with Crippen LogP contribution < -0.4 is 16.6 Å². The second-order valence-electron chi connectivity index (χ2n) is 3.25. The van der Waals surface area contributed by atoms with Gasteiger partial charge in [-0.2, -0.15) is 0 Å². The van der Waals surface area contributed by atoms with E-state index in [1.165, 1.54) is 6.26 Å². The fourth-order valence-electron chi connectivity index (χ4n) is 1.25. The summed E-state index contributed by atoms with van der Waals surface area (Å²) in [5, 5.41) is 2.49. The van der Waals surface area contributed by atoms with Gasteiger partial charge in [-0.1, -0.05) is 0 Å². The number of carbonyl (C=O) groups excluding carboxylic acids is 1. The lowest BCUT2D eigenvalue weighted by atomic mass is 10.3. The zero-order valence-electron chi connectivity index (χ0n) is 8.65. The molecule has 7 nitrogen and oxygen atoms in total. The largest absolute Gasteiger partial charge is 0.467 e. The Morgan fingerprint density at radius 1 is 1.41 bits per heavy atom. The van der Waals surface area contributed by atoms with Crippen LogP contribution in [0.4, 0.5) is 0 Å². The van der Waals surface area contributed by atoms with Crippen molar-refractivity contribution in [1.29, 1.82) is 0 Å². The van der Waals surface area contributed by atoms with Crippen LogP contribution in [0.2, 0.25) is 0 Å². The zero-order chi connectivity index (χ0) is 12.3. The van der Waals surface area contributed by atoms with Gasteiger partial charge in [0.15, 0.2) is 0 Å². The van der Waals surface area contributed by atoms with E-state index in [0.29, 0.717) is 5.76 Å². The van der Waals surface area contributed by atoms with Gasteiger partial charge in [-0.25, -0.2) is 4.79 Å². The molecule has 7 heteroatoms. The first kappa shape index (κ1) is 10.9. The molecule has 0 aliphatic rings. The third kappa shape index (κ3) is 2.51. The summed E-state index contributed by atoms with van der Waals surface area (Å²) >= 11 is 0. The number of carbonyl (C=O) groups is 1. The maximum absolute atomic E-state index is 11.6. The monoisotopic (exact) mass is 235 g/mol. The topological polar surface area (TPSA) is 108 Å². The number of aromatic amines is 2. The maximum atomic E-state index is 11.6. The van der Waals surface area contributed by atoms with Gasteiger partial charge in [0.25, 0.3) is 11.5 Å². The molecule has 0 unspecified atom stereocenters. The Bertz CT molecular complexity index is 623. The Hall–Kier alpha value is -2.57. The van der Waals surface area contributed by atoms with Crippen LogP contribution in [0.15, 0.2) is 38.6 Å². The summed E-state index contributed by atoms with van der Waals surface area (Å²) in [4.78, 5) is 37.8. The summed E-state index contributed by atoms with van der Waals surface area (Å²) in [6, 6.07) is 3.38. The second-order valence-corrected chi connectivity index (χ2v) is 3.25. The molecular formula is C10H9N3O4. The normalized spacial score (nSPS) is 10.1. The van der Waals surface area contributed by atoms with Gasteiger partial charge >= 0.3 is 5.69 Å². The van der Waals surface area contributed by atoms with E-state index in [1.54, 1.807) is 12.1 Å². The minimum absolute atomic E-state index is 0.156. The predicted molar refractivity (Wildman–Crippen MR) is 57.6 cm³/mol. The van der Waals surface area contributed by atoms with Gasteiger partial charge in [-0.05, 0) is 12.1 Å². The van der Waals surface area contributed by atoms with E-state index in [1.807, 2.05) is 4.98 Å². The number of nitrogens with one attached hydrogen (secondary N) is 3. The van der Waals surface area contributed by atoms with Crippen molar-refractivity contribution in [2.75, 3.05) is 0 Å². The molecule has 2 aromatic rings. The molecule has 0 aliphatic carbocycles. The number of rotatable bonds is 3. The molecule has 0 bridgehead atoms. The van der Waals surface area contributed by atoms with Crippen LogP contribution in [-0.2, 0) is 6.54 Å². The lowest BCUT2D eigenvalue weighted by Crippen LogP contribution is -2.33. The standard InChI is InChI=1S/C10H9N3O4/c14-8(11-4-6-2-1-3-17-6)7-5-12-10(16)13-9(7)15/h1-3,5H,4H2,(H,11,14)(H2,12,13,15,16). The third-order valence-corrected chi connectivity index (χ3v) is 2.07. The molecule has 88 valence electrons. The fraction of sp³-hybridized carbons (Fsp3) is 0.100. The highest BCUT2D eigenvalue weighted by Crippen LogP contribution is 1.98. The van der Waals surface area contributed by atoms with Crippen LogP contribution in [0.1, 0.15) is 16.1 Å². The lowest BCUT2D eigenvalue weighted by Gasteiger charge is -2.01. The smallest absolute Gasteiger partial charge is 0.325 e. The van der Waals surface area contributed by atoms with Gasteiger partial charge in [0.2, 0.25) is 0 Å². The number of furan rings is 1. The van der Waals surface area contributed by atoms with Crippen molar-refractivity contribution < 1.29 is 9.21 Å². The Kier molecular flexibility index (Phi) is 2.91. The van der Waals surface area contributed by atoms with Crippen LogP contribution in [0, 0.1) is 0 Å². The number of amides is 1. The van der Waals surface area contributed by atoms with Crippen molar-refractivity contribution >= 4 is 5.91 Å². The van der Waals surface area contributed by atoms with E-state index < -0.39 is 17.2 Å². The number of H-pyrrole nitrogens is 2. The Labute approximate surface area is 94.5 Å². The molecule has 0 atom stereocenters. The van der Waals surface area contributed by atoms with Crippen molar-refractivity contribution in [1.82, 2.24) is 15.3 Å². The summed E-state index contributed by atoms with van der Waals surface area (Å²) in [7, 11) is 0. The van der Waals surface area contributed by atoms with E-state index >= 15 is 0 Å². The number of hydrogen-bond acceptors (Lipinski definition) is 4. The van der Waals surface area contributed by atoms with Crippen molar-refractivity contribution in [2.24, 2.45) is 0 Å². The molecule has 2 heterocycles. The van der Waals surface area contributed by atoms with Crippen LogP contribution in [0.25, 0.3) is 0 Å². The van der Waals surface area contributed by atoms with Crippen LogP contribution in [0.5, 0.6) is 0 Å². The average Bonchev–Trinajstić information content (AvgIpc) is 2.78. The Balaban J connectivity index is 2.10. The Morgan fingerprint density at radius 3 is 2.88 bits per heavy atom. The molecule has 0 fully saturated rings. The highest BCUT2D eigenvalue weighted by Gasteiger charge is 2.10. The molecule has 0 radical (unpaired) electrons. The molecule has 2 rings (SSSR count). The van der Waals surface area contributed by atoms with Gasteiger partial charge in [-0.15, -0.1) is 0 Å². The van der Waals surface area contributed by atoms with Gasteiger partial charge in [0, 0.05) is 6.20 Å². The van der Waals surface area contributed by atoms with Gasteiger partial charge < -0.3 is 14.7 Å². The van der Waals surface area contributed by atoms with Crippen molar-refractivity contribution in [3.05, 3.63) is 56.8 Å². The van der Waals surface area contributed by atoms with E-state index in [2.05, 4.69) is 10.3 Å². The van der Waals surface area contributed by atoms with E-state index in [-0.39, 0.29) is 12.1 Å². The van der Waals surface area contributed by atoms with E-state index in [0.717, 1.165) is 6.20 Å². The number of hydrogen-bond donors (Lipinski definition) is 3. The van der Waals surface area contributed by atoms with E-state index in [9.17, 15) is 14.4 Å². The quantitative estimate of drug-likeness (QED) is 0.671. The van der Waals surface area contributed by atoms with Crippen LogP contribution in [-0.4, -0.2) is 15.9 Å². The first-order chi connectivity index (χ1) is 8.16. The summed E-state index contributed by atoms with van der Waals surface area (Å²) in [5.74, 6) is -0.0156. The Morgan fingerprint density at radius 2 is 2.24 bits per heavy atom. The molecule has 0 aromatic carbocycles. The number of aromatic nitrogens is 2. The highest BCUT2D eigenvalue weighted by molar-refractivity contribution is 5.93. The van der Waals surface area contributed by atoms with Gasteiger partial charge in [-0.3, -0.25) is 14.6 Å². The van der Waals surface area contributed by atoms with Crippen LogP contribution in [0.3, 0.4) is 0 Å². The molecule has 2 aromatic heterocycles. The maximum Gasteiger partial charge on any atom is 0.325 e. The molecular weight excluding hydrogens is 226 g/mol. The van der Waals surface area contributed by atoms with Crippen molar-refractivity contribution in [3.63, 3.8) is 0 Å². The summed E-state index contributed by atoms with van der Waals surface area (Å²) in [5.41, 5.74) is -1.54. The summed E-state index contributed by atoms with van der Waals surface area (Å²) < 4.78 is 5.01. The first-order valence-electron chi connectivity index (χ1n) is 4.79. The lowest BCUT2D eigenvalue weighted by molar-refractivity contribution is 0.0946. The minimum atomic E-state index is -0.731.